The second-order valence-electron chi connectivity index (χ2n) is 4.45. The van der Waals surface area contributed by atoms with Crippen LogP contribution in [0.15, 0.2) is 22.7 Å². The fraction of sp³-hybridized carbons (Fsp3) is 0.417. The highest BCUT2D eigenvalue weighted by Gasteiger charge is 2.47. The molecule has 1 aliphatic rings. The molecule has 1 atom stereocenters. The molecule has 0 saturated heterocycles. The monoisotopic (exact) mass is 303 g/mol. The number of rotatable bonds is 2. The molecule has 1 amide bonds. The van der Waals surface area contributed by atoms with Gasteiger partial charge in [-0.05, 0) is 30.7 Å². The van der Waals surface area contributed by atoms with Crippen LogP contribution in [0.5, 0.6) is 0 Å². The van der Waals surface area contributed by atoms with Crippen molar-refractivity contribution in [3.05, 3.63) is 28.2 Å². The zero-order valence-electron chi connectivity index (χ0n) is 9.51. The molecule has 1 aliphatic heterocycles. The van der Waals surface area contributed by atoms with Gasteiger partial charge in [0, 0.05) is 23.6 Å². The van der Waals surface area contributed by atoms with Crippen LogP contribution in [-0.4, -0.2) is 19.4 Å². The lowest BCUT2D eigenvalue weighted by atomic mass is 9.81. The molecule has 1 unspecified atom stereocenters. The number of nitrogens with zero attached hydrogens (tertiary/aromatic N) is 1. The Morgan fingerprint density at radius 3 is 2.71 bits per heavy atom. The van der Waals surface area contributed by atoms with E-state index in [2.05, 4.69) is 15.9 Å². The van der Waals surface area contributed by atoms with Crippen LogP contribution in [-0.2, 0) is 10.2 Å². The van der Waals surface area contributed by atoms with Gasteiger partial charge in [0.15, 0.2) is 0 Å². The van der Waals surface area contributed by atoms with Crippen LogP contribution in [0.1, 0.15) is 18.9 Å². The van der Waals surface area contributed by atoms with Crippen LogP contribution in [0.2, 0.25) is 0 Å². The molecular weight excluding hydrogens is 292 g/mol. The second-order valence-corrected chi connectivity index (χ2v) is 5.37. The van der Waals surface area contributed by atoms with Crippen molar-refractivity contribution in [3.8, 4) is 0 Å². The van der Waals surface area contributed by atoms with E-state index in [1.807, 2.05) is 0 Å². The molecule has 0 N–H and O–H groups in total. The first-order valence-electron chi connectivity index (χ1n) is 5.22. The Balaban J connectivity index is 2.56. The third-order valence-electron chi connectivity index (χ3n) is 3.25. The molecule has 0 fully saturated rings. The Hall–Kier alpha value is -0.970. The number of benzene rings is 1. The lowest BCUT2D eigenvalue weighted by molar-refractivity contribution is -0.123. The Kier molecular flexibility index (Phi) is 2.97. The third kappa shape index (κ3) is 1.86. The third-order valence-corrected chi connectivity index (χ3v) is 3.75. The number of alkyl halides is 2. The summed E-state index contributed by atoms with van der Waals surface area (Å²) in [5.41, 5.74) is 0.253. The second kappa shape index (κ2) is 4.05. The summed E-state index contributed by atoms with van der Waals surface area (Å²) in [4.78, 5) is 13.6. The number of halogens is 3. The minimum absolute atomic E-state index is 0.272. The highest BCUT2D eigenvalue weighted by molar-refractivity contribution is 9.10. The number of carbonyl (C=O) groups excluding carboxylic acids is 1. The number of carbonyl (C=O) groups is 1. The molecule has 1 aromatic rings. The maximum atomic E-state index is 12.6. The minimum Gasteiger partial charge on any atom is -0.314 e. The minimum atomic E-state index is -2.50. The quantitative estimate of drug-likeness (QED) is 0.820. The first kappa shape index (κ1) is 12.5. The van der Waals surface area contributed by atoms with Crippen LogP contribution < -0.4 is 4.90 Å². The highest BCUT2D eigenvalue weighted by Crippen LogP contribution is 2.45. The molecule has 0 aliphatic carbocycles. The molecule has 0 bridgehead atoms. The molecule has 2 nitrogen and oxygen atoms in total. The summed E-state index contributed by atoms with van der Waals surface area (Å²) in [6, 6.07) is 5.32. The van der Waals surface area contributed by atoms with Crippen molar-refractivity contribution in [1.29, 1.82) is 0 Å². The Labute approximate surface area is 107 Å². The average Bonchev–Trinajstić information content (AvgIpc) is 2.41. The molecule has 0 spiro atoms. The summed E-state index contributed by atoms with van der Waals surface area (Å²) >= 11 is 3.31. The SMILES string of the molecule is CN1C(=O)C(C)(CC(F)F)c2cc(Br)ccc21. The van der Waals surface area contributed by atoms with Gasteiger partial charge >= 0.3 is 0 Å². The van der Waals surface area contributed by atoms with E-state index in [0.717, 1.165) is 4.47 Å². The number of hydrogen-bond donors (Lipinski definition) is 0. The van der Waals surface area contributed by atoms with E-state index in [1.165, 1.54) is 4.90 Å². The molecule has 0 saturated carbocycles. The lowest BCUT2D eigenvalue weighted by Gasteiger charge is -2.22. The Morgan fingerprint density at radius 1 is 1.47 bits per heavy atom. The smallest absolute Gasteiger partial charge is 0.240 e. The van der Waals surface area contributed by atoms with Gasteiger partial charge in [0.2, 0.25) is 12.3 Å². The number of anilines is 1. The van der Waals surface area contributed by atoms with Gasteiger partial charge in [-0.3, -0.25) is 4.79 Å². The van der Waals surface area contributed by atoms with Gasteiger partial charge < -0.3 is 4.90 Å². The fourth-order valence-corrected chi connectivity index (χ4v) is 2.70. The summed E-state index contributed by atoms with van der Waals surface area (Å²) in [5, 5.41) is 0. The highest BCUT2D eigenvalue weighted by atomic mass is 79.9. The molecule has 5 heteroatoms. The average molecular weight is 304 g/mol. The zero-order valence-corrected chi connectivity index (χ0v) is 11.1. The van der Waals surface area contributed by atoms with E-state index in [4.69, 9.17) is 0 Å². The summed E-state index contributed by atoms with van der Waals surface area (Å²) in [6.07, 6.45) is -2.94. The van der Waals surface area contributed by atoms with E-state index in [-0.39, 0.29) is 5.91 Å². The first-order chi connectivity index (χ1) is 7.86. The largest absolute Gasteiger partial charge is 0.314 e. The lowest BCUT2D eigenvalue weighted by Crippen LogP contribution is -2.37. The van der Waals surface area contributed by atoms with Crippen molar-refractivity contribution >= 4 is 27.5 Å². The molecule has 17 heavy (non-hydrogen) atoms. The first-order valence-corrected chi connectivity index (χ1v) is 6.02. The number of hydrogen-bond acceptors (Lipinski definition) is 1. The van der Waals surface area contributed by atoms with E-state index < -0.39 is 18.3 Å². The van der Waals surface area contributed by atoms with E-state index in [1.54, 1.807) is 32.2 Å². The van der Waals surface area contributed by atoms with Gasteiger partial charge in [-0.25, -0.2) is 8.78 Å². The molecule has 0 radical (unpaired) electrons. The van der Waals surface area contributed by atoms with Crippen LogP contribution >= 0.6 is 15.9 Å². The maximum absolute atomic E-state index is 12.6. The molecule has 1 aromatic carbocycles. The van der Waals surface area contributed by atoms with Crippen molar-refractivity contribution in [2.45, 2.75) is 25.2 Å². The summed E-state index contributed by atoms with van der Waals surface area (Å²) < 4.78 is 26.1. The van der Waals surface area contributed by atoms with E-state index in [0.29, 0.717) is 11.3 Å². The Morgan fingerprint density at radius 2 is 2.12 bits per heavy atom. The van der Waals surface area contributed by atoms with Crippen LogP contribution in [0.3, 0.4) is 0 Å². The molecule has 0 aromatic heterocycles. The van der Waals surface area contributed by atoms with Crippen LogP contribution in [0.4, 0.5) is 14.5 Å². The van der Waals surface area contributed by atoms with E-state index in [9.17, 15) is 13.6 Å². The van der Waals surface area contributed by atoms with Crippen LogP contribution in [0.25, 0.3) is 0 Å². The summed E-state index contributed by atoms with van der Waals surface area (Å²) in [5.74, 6) is -0.272. The normalized spacial score (nSPS) is 23.4. The Bertz CT molecular complexity index is 478. The van der Waals surface area contributed by atoms with Crippen molar-refractivity contribution in [3.63, 3.8) is 0 Å². The van der Waals surface area contributed by atoms with Gasteiger partial charge in [-0.15, -0.1) is 0 Å². The molecular formula is C12H12BrF2NO. The summed E-state index contributed by atoms with van der Waals surface area (Å²) in [7, 11) is 1.62. The van der Waals surface area contributed by atoms with E-state index >= 15 is 0 Å². The molecule has 1 heterocycles. The molecule has 92 valence electrons. The zero-order chi connectivity index (χ0) is 12.8. The maximum Gasteiger partial charge on any atom is 0.240 e. The number of likely N-dealkylation sites (N-methyl/N-ethyl adjacent to an activating group) is 1. The molecule has 2 rings (SSSR count). The van der Waals surface area contributed by atoms with Gasteiger partial charge in [0.1, 0.15) is 0 Å². The predicted molar refractivity (Wildman–Crippen MR) is 65.5 cm³/mol. The number of fused-ring (bicyclic) bond motifs is 1. The van der Waals surface area contributed by atoms with Gasteiger partial charge in [0.25, 0.3) is 0 Å². The summed E-state index contributed by atoms with van der Waals surface area (Å²) in [6.45, 7) is 1.58. The van der Waals surface area contributed by atoms with Crippen molar-refractivity contribution in [2.75, 3.05) is 11.9 Å². The van der Waals surface area contributed by atoms with Crippen LogP contribution in [0, 0.1) is 0 Å². The number of amides is 1. The topological polar surface area (TPSA) is 20.3 Å². The van der Waals surface area contributed by atoms with Crippen molar-refractivity contribution < 1.29 is 13.6 Å². The standard InChI is InChI=1S/C12H12BrF2NO/c1-12(6-10(14)15)8-5-7(13)3-4-9(8)16(2)11(12)17/h3-5,10H,6H2,1-2H3. The van der Waals surface area contributed by atoms with Gasteiger partial charge in [0.05, 0.1) is 5.41 Å². The van der Waals surface area contributed by atoms with Gasteiger partial charge in [-0.1, -0.05) is 15.9 Å². The predicted octanol–water partition coefficient (Wildman–Crippen LogP) is 3.34. The van der Waals surface area contributed by atoms with Crippen molar-refractivity contribution in [2.24, 2.45) is 0 Å². The van der Waals surface area contributed by atoms with Gasteiger partial charge in [-0.2, -0.15) is 0 Å². The fourth-order valence-electron chi connectivity index (χ4n) is 2.34. The van der Waals surface area contributed by atoms with Crippen molar-refractivity contribution in [1.82, 2.24) is 0 Å².